The van der Waals surface area contributed by atoms with Crippen LogP contribution in [0.2, 0.25) is 5.02 Å². The van der Waals surface area contributed by atoms with E-state index in [2.05, 4.69) is 10.0 Å². The average molecular weight is 337 g/mol. The van der Waals surface area contributed by atoms with Gasteiger partial charge in [-0.15, -0.1) is 0 Å². The van der Waals surface area contributed by atoms with Crippen LogP contribution < -0.4 is 10.0 Å². The predicted molar refractivity (Wildman–Crippen MR) is 83.4 cm³/mol. The van der Waals surface area contributed by atoms with Crippen molar-refractivity contribution in [3.63, 3.8) is 0 Å². The summed E-state index contributed by atoms with van der Waals surface area (Å²) < 4.78 is 41.1. The van der Waals surface area contributed by atoms with Crippen molar-refractivity contribution in [1.82, 2.24) is 10.0 Å². The highest BCUT2D eigenvalue weighted by atomic mass is 35.5. The van der Waals surface area contributed by atoms with Crippen LogP contribution in [0, 0.1) is 11.7 Å². The first-order valence-electron chi connectivity index (χ1n) is 6.84. The van der Waals surface area contributed by atoms with E-state index < -0.39 is 20.7 Å². The lowest BCUT2D eigenvalue weighted by molar-refractivity contribution is 0.524. The van der Waals surface area contributed by atoms with Crippen molar-refractivity contribution in [2.45, 2.75) is 45.2 Å². The van der Waals surface area contributed by atoms with Crippen LogP contribution in [-0.2, 0) is 16.6 Å². The van der Waals surface area contributed by atoms with Gasteiger partial charge < -0.3 is 5.32 Å². The molecule has 0 saturated heterocycles. The van der Waals surface area contributed by atoms with Crippen LogP contribution >= 0.6 is 11.6 Å². The van der Waals surface area contributed by atoms with Gasteiger partial charge in [0.25, 0.3) is 0 Å². The van der Waals surface area contributed by atoms with E-state index in [-0.39, 0.29) is 35.6 Å². The van der Waals surface area contributed by atoms with Gasteiger partial charge in [0.05, 0.1) is 0 Å². The topological polar surface area (TPSA) is 58.2 Å². The number of benzene rings is 1. The molecule has 0 heterocycles. The van der Waals surface area contributed by atoms with Gasteiger partial charge in [-0.1, -0.05) is 39.3 Å². The average Bonchev–Trinajstić information content (AvgIpc) is 2.37. The van der Waals surface area contributed by atoms with Crippen LogP contribution in [-0.4, -0.2) is 21.0 Å². The maximum Gasteiger partial charge on any atom is 0.243 e. The van der Waals surface area contributed by atoms with E-state index in [1.165, 1.54) is 6.07 Å². The first-order chi connectivity index (χ1) is 9.63. The summed E-state index contributed by atoms with van der Waals surface area (Å²) in [6, 6.07) is 2.73. The highest BCUT2D eigenvalue weighted by Gasteiger charge is 2.22. The normalized spacial score (nSPS) is 12.4. The molecule has 0 aromatic heterocycles. The lowest BCUT2D eigenvalue weighted by atomic mass is 10.2. The molecule has 0 amide bonds. The first kappa shape index (κ1) is 18.4. The minimum absolute atomic E-state index is 0.129. The van der Waals surface area contributed by atoms with Crippen LogP contribution in [0.25, 0.3) is 0 Å². The van der Waals surface area contributed by atoms with Crippen LogP contribution in [0.1, 0.15) is 33.3 Å². The fourth-order valence-corrected chi connectivity index (χ4v) is 3.27. The number of hydrogen-bond donors (Lipinski definition) is 2. The van der Waals surface area contributed by atoms with Gasteiger partial charge in [-0.2, -0.15) is 0 Å². The van der Waals surface area contributed by atoms with Crippen LogP contribution in [0.3, 0.4) is 0 Å². The molecule has 0 radical (unpaired) electrons. The second-order valence-corrected chi connectivity index (χ2v) is 7.83. The summed E-state index contributed by atoms with van der Waals surface area (Å²) in [5, 5.41) is 3.24. The van der Waals surface area contributed by atoms with Crippen LogP contribution in [0.4, 0.5) is 4.39 Å². The van der Waals surface area contributed by atoms with Crippen molar-refractivity contribution >= 4 is 21.6 Å². The number of halogens is 2. The van der Waals surface area contributed by atoms with Gasteiger partial charge in [0.1, 0.15) is 10.7 Å². The van der Waals surface area contributed by atoms with E-state index in [4.69, 9.17) is 11.6 Å². The zero-order valence-electron chi connectivity index (χ0n) is 12.7. The Morgan fingerprint density at radius 2 is 1.86 bits per heavy atom. The molecule has 120 valence electrons. The van der Waals surface area contributed by atoms with Gasteiger partial charge >= 0.3 is 0 Å². The quantitative estimate of drug-likeness (QED) is 0.805. The van der Waals surface area contributed by atoms with E-state index >= 15 is 0 Å². The maximum absolute atomic E-state index is 14.4. The molecule has 0 bridgehead atoms. The highest BCUT2D eigenvalue weighted by Crippen LogP contribution is 2.24. The van der Waals surface area contributed by atoms with Gasteiger partial charge in [0, 0.05) is 29.7 Å². The molecule has 1 aromatic carbocycles. The zero-order chi connectivity index (χ0) is 16.2. The standard InChI is InChI=1S/C14H22ClFN2O2S/c1-9(2)7-18-21(19,20)13-6-12(15)5-11(14(13)16)8-17-10(3)4/h5-6,9-10,17-18H,7-8H2,1-4H3. The van der Waals surface area contributed by atoms with E-state index in [9.17, 15) is 12.8 Å². The third kappa shape index (κ3) is 5.54. The Morgan fingerprint density at radius 3 is 2.38 bits per heavy atom. The molecule has 0 aliphatic rings. The molecule has 0 unspecified atom stereocenters. The largest absolute Gasteiger partial charge is 0.310 e. The Morgan fingerprint density at radius 1 is 1.24 bits per heavy atom. The molecule has 1 rings (SSSR count). The fraction of sp³-hybridized carbons (Fsp3) is 0.571. The summed E-state index contributed by atoms with van der Waals surface area (Å²) in [6.45, 7) is 8.04. The monoisotopic (exact) mass is 336 g/mol. The maximum atomic E-state index is 14.4. The van der Waals surface area contributed by atoms with Crippen molar-refractivity contribution in [2.24, 2.45) is 5.92 Å². The molecule has 0 aliphatic heterocycles. The summed E-state index contributed by atoms with van der Waals surface area (Å²) in [7, 11) is -3.91. The van der Waals surface area contributed by atoms with E-state index in [0.717, 1.165) is 6.07 Å². The molecular formula is C14H22ClFN2O2S. The highest BCUT2D eigenvalue weighted by molar-refractivity contribution is 7.89. The molecule has 21 heavy (non-hydrogen) atoms. The summed E-state index contributed by atoms with van der Waals surface area (Å²) in [5.74, 6) is -0.632. The van der Waals surface area contributed by atoms with Crippen molar-refractivity contribution in [3.05, 3.63) is 28.5 Å². The molecule has 0 fully saturated rings. The second-order valence-electron chi connectivity index (χ2n) is 5.66. The zero-order valence-corrected chi connectivity index (χ0v) is 14.3. The predicted octanol–water partition coefficient (Wildman–Crippen LogP) is 2.91. The van der Waals surface area contributed by atoms with Crippen molar-refractivity contribution in [1.29, 1.82) is 0 Å². The number of rotatable bonds is 7. The molecule has 0 aliphatic carbocycles. The van der Waals surface area contributed by atoms with Crippen molar-refractivity contribution < 1.29 is 12.8 Å². The van der Waals surface area contributed by atoms with Crippen LogP contribution in [0.5, 0.6) is 0 Å². The van der Waals surface area contributed by atoms with E-state index in [0.29, 0.717) is 0 Å². The molecule has 4 nitrogen and oxygen atoms in total. The summed E-state index contributed by atoms with van der Waals surface area (Å²) >= 11 is 5.92. The molecule has 0 saturated carbocycles. The lowest BCUT2D eigenvalue weighted by Gasteiger charge is -2.14. The lowest BCUT2D eigenvalue weighted by Crippen LogP contribution is -2.29. The van der Waals surface area contributed by atoms with Crippen molar-refractivity contribution in [2.75, 3.05) is 6.54 Å². The van der Waals surface area contributed by atoms with Crippen LogP contribution in [0.15, 0.2) is 17.0 Å². The number of nitrogens with one attached hydrogen (secondary N) is 2. The fourth-order valence-electron chi connectivity index (χ4n) is 1.61. The second kappa shape index (κ2) is 7.54. The Labute approximate surface area is 131 Å². The van der Waals surface area contributed by atoms with Crippen molar-refractivity contribution in [3.8, 4) is 0 Å². The molecule has 7 heteroatoms. The smallest absolute Gasteiger partial charge is 0.243 e. The van der Waals surface area contributed by atoms with Gasteiger partial charge in [0.2, 0.25) is 10.0 Å². The van der Waals surface area contributed by atoms with Gasteiger partial charge in [-0.05, 0) is 18.1 Å². The Balaban J connectivity index is 3.12. The van der Waals surface area contributed by atoms with Gasteiger partial charge in [-0.3, -0.25) is 0 Å². The number of sulfonamides is 1. The molecule has 1 aromatic rings. The Hall–Kier alpha value is -0.690. The van der Waals surface area contributed by atoms with E-state index in [1.54, 1.807) is 0 Å². The molecule has 0 atom stereocenters. The Bertz CT molecular complexity index is 589. The number of hydrogen-bond acceptors (Lipinski definition) is 3. The first-order valence-corrected chi connectivity index (χ1v) is 8.70. The Kier molecular flexibility index (Phi) is 6.59. The minimum Gasteiger partial charge on any atom is -0.310 e. The molecular weight excluding hydrogens is 315 g/mol. The van der Waals surface area contributed by atoms with E-state index in [1.807, 2.05) is 27.7 Å². The summed E-state index contributed by atoms with van der Waals surface area (Å²) in [4.78, 5) is -0.406. The van der Waals surface area contributed by atoms with Gasteiger partial charge in [0.15, 0.2) is 0 Å². The third-order valence-electron chi connectivity index (χ3n) is 2.75. The minimum atomic E-state index is -3.91. The summed E-state index contributed by atoms with van der Waals surface area (Å²) in [5.41, 5.74) is 0.237. The third-order valence-corrected chi connectivity index (χ3v) is 4.39. The molecule has 2 N–H and O–H groups in total. The SMILES string of the molecule is CC(C)CNS(=O)(=O)c1cc(Cl)cc(CNC(C)C)c1F. The van der Waals surface area contributed by atoms with Gasteiger partial charge in [-0.25, -0.2) is 17.5 Å². The summed E-state index contributed by atoms with van der Waals surface area (Å²) in [6.07, 6.45) is 0. The molecule has 0 spiro atoms.